The zero-order chi connectivity index (χ0) is 14.8. The van der Waals surface area contributed by atoms with Gasteiger partial charge >= 0.3 is 0 Å². The van der Waals surface area contributed by atoms with Crippen LogP contribution in [0, 0.1) is 0 Å². The van der Waals surface area contributed by atoms with E-state index < -0.39 is 0 Å². The number of nitrogens with one attached hydrogen (secondary N) is 1. The van der Waals surface area contributed by atoms with E-state index in [1.807, 2.05) is 0 Å². The van der Waals surface area contributed by atoms with Crippen molar-refractivity contribution < 1.29 is 0 Å². The molecule has 1 saturated carbocycles. The lowest BCUT2D eigenvalue weighted by Gasteiger charge is -2.22. The van der Waals surface area contributed by atoms with Crippen LogP contribution in [0.15, 0.2) is 24.3 Å². The van der Waals surface area contributed by atoms with Crippen LogP contribution in [-0.4, -0.2) is 13.1 Å². The van der Waals surface area contributed by atoms with E-state index in [1.165, 1.54) is 82.9 Å². The number of aryl methyl sites for hydroxylation is 1. The maximum absolute atomic E-state index is 3.48. The smallest absolute Gasteiger partial charge is 0.00489 e. The lowest BCUT2D eigenvalue weighted by atomic mass is 9.84. The first kappa shape index (κ1) is 16.5. The molecule has 0 spiro atoms. The van der Waals surface area contributed by atoms with E-state index in [2.05, 4.69) is 36.5 Å². The normalized spacial score (nSPS) is 16.2. The van der Waals surface area contributed by atoms with Crippen molar-refractivity contribution in [2.45, 2.75) is 77.0 Å². The molecule has 0 amide bonds. The molecule has 1 fully saturated rings. The van der Waals surface area contributed by atoms with Crippen molar-refractivity contribution >= 4 is 0 Å². The van der Waals surface area contributed by atoms with Crippen molar-refractivity contribution in [3.63, 3.8) is 0 Å². The number of hydrogen-bond donors (Lipinski definition) is 1. The van der Waals surface area contributed by atoms with Gasteiger partial charge in [0.05, 0.1) is 0 Å². The van der Waals surface area contributed by atoms with Crippen LogP contribution in [0.2, 0.25) is 0 Å². The van der Waals surface area contributed by atoms with Gasteiger partial charge in [0, 0.05) is 0 Å². The van der Waals surface area contributed by atoms with Gasteiger partial charge in [0.15, 0.2) is 0 Å². The molecular formula is C20H33N. The van der Waals surface area contributed by atoms with Crippen LogP contribution in [0.25, 0.3) is 0 Å². The maximum atomic E-state index is 3.48. The van der Waals surface area contributed by atoms with Crippen LogP contribution in [-0.2, 0) is 6.42 Å². The van der Waals surface area contributed by atoms with Crippen molar-refractivity contribution in [3.05, 3.63) is 35.4 Å². The SMILES string of the molecule is CCCNCCCCCc1ccc(C2CCCCC2)cc1. The maximum Gasteiger partial charge on any atom is -0.00489 e. The first-order valence-electron chi connectivity index (χ1n) is 9.19. The highest BCUT2D eigenvalue weighted by molar-refractivity contribution is 5.25. The molecular weight excluding hydrogens is 254 g/mol. The lowest BCUT2D eigenvalue weighted by Crippen LogP contribution is -2.15. The number of rotatable bonds is 9. The van der Waals surface area contributed by atoms with E-state index in [1.54, 1.807) is 5.56 Å². The van der Waals surface area contributed by atoms with Gasteiger partial charge in [0.1, 0.15) is 0 Å². The molecule has 0 saturated heterocycles. The molecule has 118 valence electrons. The van der Waals surface area contributed by atoms with Crippen molar-refractivity contribution in [2.24, 2.45) is 0 Å². The van der Waals surface area contributed by atoms with E-state index in [0.29, 0.717) is 0 Å². The predicted octanol–water partition coefficient (Wildman–Crippen LogP) is 5.45. The first-order valence-corrected chi connectivity index (χ1v) is 9.19. The van der Waals surface area contributed by atoms with Gasteiger partial charge in [-0.3, -0.25) is 0 Å². The van der Waals surface area contributed by atoms with Gasteiger partial charge in [-0.2, -0.15) is 0 Å². The Morgan fingerprint density at radius 2 is 1.67 bits per heavy atom. The third kappa shape index (κ3) is 6.22. The molecule has 1 nitrogen and oxygen atoms in total. The second kappa shape index (κ2) is 10.00. The molecule has 0 unspecified atom stereocenters. The fraction of sp³-hybridized carbons (Fsp3) is 0.700. The average molecular weight is 287 g/mol. The average Bonchev–Trinajstić information content (AvgIpc) is 2.55. The summed E-state index contributed by atoms with van der Waals surface area (Å²) in [4.78, 5) is 0. The van der Waals surface area contributed by atoms with Crippen molar-refractivity contribution in [1.29, 1.82) is 0 Å². The van der Waals surface area contributed by atoms with Gasteiger partial charge in [-0.25, -0.2) is 0 Å². The molecule has 0 radical (unpaired) electrons. The molecule has 0 aromatic heterocycles. The molecule has 2 rings (SSSR count). The van der Waals surface area contributed by atoms with Gasteiger partial charge in [0.2, 0.25) is 0 Å². The molecule has 21 heavy (non-hydrogen) atoms. The monoisotopic (exact) mass is 287 g/mol. The standard InChI is InChI=1S/C20H33N/c1-2-16-21-17-8-4-5-9-18-12-14-20(15-13-18)19-10-6-3-7-11-19/h12-15,19,21H,2-11,16-17H2,1H3. The van der Waals surface area contributed by atoms with Gasteiger partial charge in [-0.05, 0) is 68.7 Å². The van der Waals surface area contributed by atoms with Gasteiger partial charge in [0.25, 0.3) is 0 Å². The first-order chi connectivity index (χ1) is 10.4. The molecule has 0 bridgehead atoms. The predicted molar refractivity (Wildman–Crippen MR) is 93.0 cm³/mol. The fourth-order valence-electron chi connectivity index (χ4n) is 3.45. The highest BCUT2D eigenvalue weighted by Gasteiger charge is 2.14. The Balaban J connectivity index is 1.63. The van der Waals surface area contributed by atoms with Crippen LogP contribution in [0.3, 0.4) is 0 Å². The van der Waals surface area contributed by atoms with Crippen LogP contribution in [0.5, 0.6) is 0 Å². The Labute approximate surface area is 131 Å². The van der Waals surface area contributed by atoms with Crippen molar-refractivity contribution in [1.82, 2.24) is 5.32 Å². The van der Waals surface area contributed by atoms with Crippen molar-refractivity contribution in [2.75, 3.05) is 13.1 Å². The Kier molecular flexibility index (Phi) is 7.88. The second-order valence-corrected chi connectivity index (χ2v) is 6.64. The Hall–Kier alpha value is -0.820. The summed E-state index contributed by atoms with van der Waals surface area (Å²) in [6, 6.07) is 9.54. The molecule has 1 N–H and O–H groups in total. The fourth-order valence-corrected chi connectivity index (χ4v) is 3.45. The van der Waals surface area contributed by atoms with Gasteiger partial charge in [-0.15, -0.1) is 0 Å². The molecule has 1 aliphatic rings. The third-order valence-electron chi connectivity index (χ3n) is 4.80. The van der Waals surface area contributed by atoms with Crippen LogP contribution in [0.4, 0.5) is 0 Å². The van der Waals surface area contributed by atoms with E-state index in [-0.39, 0.29) is 0 Å². The highest BCUT2D eigenvalue weighted by Crippen LogP contribution is 2.32. The summed E-state index contributed by atoms with van der Waals surface area (Å²) in [7, 11) is 0. The topological polar surface area (TPSA) is 12.0 Å². The van der Waals surface area contributed by atoms with Crippen LogP contribution in [0.1, 0.15) is 81.8 Å². The number of unbranched alkanes of at least 4 members (excludes halogenated alkanes) is 2. The summed E-state index contributed by atoms with van der Waals surface area (Å²) >= 11 is 0. The minimum atomic E-state index is 0.845. The van der Waals surface area contributed by atoms with E-state index in [9.17, 15) is 0 Å². The van der Waals surface area contributed by atoms with Crippen LogP contribution >= 0.6 is 0 Å². The molecule has 1 heteroatoms. The van der Waals surface area contributed by atoms with E-state index in [0.717, 1.165) is 5.92 Å². The molecule has 0 atom stereocenters. The molecule has 1 aromatic rings. The molecule has 0 heterocycles. The minimum absolute atomic E-state index is 0.845. The zero-order valence-electron chi connectivity index (χ0n) is 13.9. The van der Waals surface area contributed by atoms with Gasteiger partial charge in [-0.1, -0.05) is 56.9 Å². The largest absolute Gasteiger partial charge is 0.317 e. The summed E-state index contributed by atoms with van der Waals surface area (Å²) in [5.74, 6) is 0.845. The summed E-state index contributed by atoms with van der Waals surface area (Å²) in [5.41, 5.74) is 3.11. The Morgan fingerprint density at radius 1 is 0.905 bits per heavy atom. The molecule has 0 aliphatic heterocycles. The van der Waals surface area contributed by atoms with Gasteiger partial charge < -0.3 is 5.32 Å². The van der Waals surface area contributed by atoms with E-state index >= 15 is 0 Å². The summed E-state index contributed by atoms with van der Waals surface area (Å²) in [6.07, 6.45) is 13.6. The summed E-state index contributed by atoms with van der Waals surface area (Å²) in [6.45, 7) is 4.58. The molecule has 1 aliphatic carbocycles. The summed E-state index contributed by atoms with van der Waals surface area (Å²) < 4.78 is 0. The second-order valence-electron chi connectivity index (χ2n) is 6.64. The highest BCUT2D eigenvalue weighted by atomic mass is 14.8. The Bertz CT molecular complexity index is 362. The van der Waals surface area contributed by atoms with Crippen molar-refractivity contribution in [3.8, 4) is 0 Å². The number of hydrogen-bond acceptors (Lipinski definition) is 1. The lowest BCUT2D eigenvalue weighted by molar-refractivity contribution is 0.443. The zero-order valence-corrected chi connectivity index (χ0v) is 13.9. The third-order valence-corrected chi connectivity index (χ3v) is 4.80. The summed E-state index contributed by atoms with van der Waals surface area (Å²) in [5, 5.41) is 3.48. The van der Waals surface area contributed by atoms with E-state index in [4.69, 9.17) is 0 Å². The van der Waals surface area contributed by atoms with Crippen LogP contribution < -0.4 is 5.32 Å². The quantitative estimate of drug-likeness (QED) is 0.596. The number of benzene rings is 1. The minimum Gasteiger partial charge on any atom is -0.317 e. The Morgan fingerprint density at radius 3 is 2.38 bits per heavy atom. The molecule has 1 aromatic carbocycles.